The summed E-state index contributed by atoms with van der Waals surface area (Å²) in [7, 11) is 0. The van der Waals surface area contributed by atoms with E-state index >= 15 is 0 Å². The van der Waals surface area contributed by atoms with Crippen LogP contribution in [0.5, 0.6) is 0 Å². The molecule has 0 fully saturated rings. The molecule has 21 heavy (non-hydrogen) atoms. The molecule has 0 amide bonds. The molecule has 0 aliphatic rings. The van der Waals surface area contributed by atoms with Crippen LogP contribution in [0.2, 0.25) is 10.0 Å². The van der Waals surface area contributed by atoms with Crippen LogP contribution in [0.1, 0.15) is 25.3 Å². The van der Waals surface area contributed by atoms with Crippen molar-refractivity contribution in [1.29, 1.82) is 0 Å². The third-order valence-corrected chi connectivity index (χ3v) is 3.78. The van der Waals surface area contributed by atoms with Gasteiger partial charge < -0.3 is 10.6 Å². The van der Waals surface area contributed by atoms with E-state index < -0.39 is 0 Å². The predicted octanol–water partition coefficient (Wildman–Crippen LogP) is 5.93. The molecule has 0 atom stereocenters. The van der Waals surface area contributed by atoms with Gasteiger partial charge in [0.15, 0.2) is 5.11 Å². The second-order valence-electron chi connectivity index (χ2n) is 4.98. The molecule has 2 aromatic rings. The Hall–Kier alpha value is -1.29. The fourth-order valence-electron chi connectivity index (χ4n) is 1.83. The molecule has 110 valence electrons. The van der Waals surface area contributed by atoms with Crippen molar-refractivity contribution < 1.29 is 0 Å². The summed E-state index contributed by atoms with van der Waals surface area (Å²) in [6.07, 6.45) is 0. The summed E-state index contributed by atoms with van der Waals surface area (Å²) in [5.74, 6) is 0.509. The van der Waals surface area contributed by atoms with Gasteiger partial charge in [-0.05, 0) is 54.0 Å². The van der Waals surface area contributed by atoms with Crippen molar-refractivity contribution >= 4 is 51.9 Å². The van der Waals surface area contributed by atoms with Gasteiger partial charge >= 0.3 is 0 Å². The van der Waals surface area contributed by atoms with E-state index in [0.717, 1.165) is 5.69 Å². The van der Waals surface area contributed by atoms with Crippen molar-refractivity contribution in [2.24, 2.45) is 0 Å². The van der Waals surface area contributed by atoms with Crippen molar-refractivity contribution in [3.63, 3.8) is 0 Å². The highest BCUT2D eigenvalue weighted by atomic mass is 35.5. The molecular weight excluding hydrogens is 323 g/mol. The van der Waals surface area contributed by atoms with Gasteiger partial charge in [-0.1, -0.05) is 49.2 Å². The minimum atomic E-state index is 0.469. The van der Waals surface area contributed by atoms with E-state index in [0.29, 0.717) is 26.8 Å². The Kier molecular flexibility index (Phi) is 5.45. The van der Waals surface area contributed by atoms with E-state index in [1.807, 2.05) is 12.1 Å². The molecule has 0 spiro atoms. The number of benzene rings is 2. The molecule has 0 unspecified atom stereocenters. The number of rotatable bonds is 3. The zero-order chi connectivity index (χ0) is 15.4. The standard InChI is InChI=1S/C16H16Cl2N2S/c1-10(2)11-3-6-13(7-4-11)19-16(21)20-15-9-12(17)5-8-14(15)18/h3-10H,1-2H3,(H2,19,20,21). The molecule has 2 aromatic carbocycles. The van der Waals surface area contributed by atoms with Crippen molar-refractivity contribution in [2.45, 2.75) is 19.8 Å². The van der Waals surface area contributed by atoms with Gasteiger partial charge in [0.25, 0.3) is 0 Å². The van der Waals surface area contributed by atoms with E-state index in [4.69, 9.17) is 35.4 Å². The molecule has 0 radical (unpaired) electrons. The van der Waals surface area contributed by atoms with Gasteiger partial charge in [-0.15, -0.1) is 0 Å². The molecule has 0 bridgehead atoms. The Labute approximate surface area is 140 Å². The fourth-order valence-corrected chi connectivity index (χ4v) is 2.39. The lowest BCUT2D eigenvalue weighted by Gasteiger charge is -2.13. The van der Waals surface area contributed by atoms with Gasteiger partial charge in [0.1, 0.15) is 0 Å². The van der Waals surface area contributed by atoms with E-state index in [-0.39, 0.29) is 0 Å². The average Bonchev–Trinajstić information content (AvgIpc) is 2.43. The molecule has 0 aromatic heterocycles. The normalized spacial score (nSPS) is 10.5. The lowest BCUT2D eigenvalue weighted by atomic mass is 10.0. The fraction of sp³-hybridized carbons (Fsp3) is 0.188. The Morgan fingerprint density at radius 2 is 1.67 bits per heavy atom. The first-order valence-corrected chi connectivity index (χ1v) is 7.75. The van der Waals surface area contributed by atoms with E-state index in [2.05, 4.69) is 36.6 Å². The first-order chi connectivity index (χ1) is 9.95. The minimum Gasteiger partial charge on any atom is -0.332 e. The Morgan fingerprint density at radius 3 is 2.29 bits per heavy atom. The van der Waals surface area contributed by atoms with Crippen LogP contribution in [0.15, 0.2) is 42.5 Å². The lowest BCUT2D eigenvalue weighted by molar-refractivity contribution is 0.867. The van der Waals surface area contributed by atoms with Crippen molar-refractivity contribution in [2.75, 3.05) is 10.6 Å². The predicted molar refractivity (Wildman–Crippen MR) is 96.8 cm³/mol. The van der Waals surface area contributed by atoms with Crippen LogP contribution in [-0.2, 0) is 0 Å². The molecular formula is C16H16Cl2N2S. The molecule has 2 N–H and O–H groups in total. The summed E-state index contributed by atoms with van der Waals surface area (Å²) in [6, 6.07) is 13.4. The second-order valence-corrected chi connectivity index (χ2v) is 6.23. The van der Waals surface area contributed by atoms with E-state index in [1.165, 1.54) is 5.56 Å². The molecule has 0 aliphatic heterocycles. The highest BCUT2D eigenvalue weighted by Crippen LogP contribution is 2.25. The summed E-state index contributed by atoms with van der Waals surface area (Å²) in [5, 5.41) is 7.80. The Bertz CT molecular complexity index is 639. The van der Waals surface area contributed by atoms with Crippen LogP contribution in [0, 0.1) is 0 Å². The average molecular weight is 339 g/mol. The quantitative estimate of drug-likeness (QED) is 0.678. The third-order valence-electron chi connectivity index (χ3n) is 3.01. The minimum absolute atomic E-state index is 0.469. The summed E-state index contributed by atoms with van der Waals surface area (Å²) < 4.78 is 0. The molecule has 0 saturated carbocycles. The number of halogens is 2. The van der Waals surface area contributed by atoms with Gasteiger partial charge in [0, 0.05) is 10.7 Å². The summed E-state index contributed by atoms with van der Waals surface area (Å²) >= 11 is 17.3. The molecule has 0 heterocycles. The number of nitrogens with one attached hydrogen (secondary N) is 2. The van der Waals surface area contributed by atoms with Crippen molar-refractivity contribution in [3.8, 4) is 0 Å². The first kappa shape index (κ1) is 16.1. The zero-order valence-electron chi connectivity index (χ0n) is 11.8. The van der Waals surface area contributed by atoms with Gasteiger partial charge in [0.2, 0.25) is 0 Å². The third kappa shape index (κ3) is 4.60. The van der Waals surface area contributed by atoms with Gasteiger partial charge in [-0.2, -0.15) is 0 Å². The molecule has 2 nitrogen and oxygen atoms in total. The molecule has 0 saturated heterocycles. The maximum atomic E-state index is 6.09. The van der Waals surface area contributed by atoms with Crippen LogP contribution < -0.4 is 10.6 Å². The molecule has 0 aliphatic carbocycles. The molecule has 5 heteroatoms. The highest BCUT2D eigenvalue weighted by Gasteiger charge is 2.05. The maximum Gasteiger partial charge on any atom is 0.175 e. The summed E-state index contributed by atoms with van der Waals surface area (Å²) in [6.45, 7) is 4.32. The summed E-state index contributed by atoms with van der Waals surface area (Å²) in [4.78, 5) is 0. The van der Waals surface area contributed by atoms with Crippen LogP contribution in [0.4, 0.5) is 11.4 Å². The number of hydrogen-bond acceptors (Lipinski definition) is 1. The number of thiocarbonyl (C=S) groups is 1. The van der Waals surface area contributed by atoms with Crippen LogP contribution >= 0.6 is 35.4 Å². The topological polar surface area (TPSA) is 24.1 Å². The van der Waals surface area contributed by atoms with Crippen molar-refractivity contribution in [3.05, 3.63) is 58.1 Å². The van der Waals surface area contributed by atoms with Gasteiger partial charge in [-0.3, -0.25) is 0 Å². The molecule has 2 rings (SSSR count). The lowest BCUT2D eigenvalue weighted by Crippen LogP contribution is -2.19. The van der Waals surface area contributed by atoms with E-state index in [9.17, 15) is 0 Å². The number of hydrogen-bond donors (Lipinski definition) is 2. The number of anilines is 2. The smallest absolute Gasteiger partial charge is 0.175 e. The summed E-state index contributed by atoms with van der Waals surface area (Å²) in [5.41, 5.74) is 2.90. The van der Waals surface area contributed by atoms with Crippen molar-refractivity contribution in [1.82, 2.24) is 0 Å². The zero-order valence-corrected chi connectivity index (χ0v) is 14.1. The van der Waals surface area contributed by atoms with Crippen LogP contribution in [0.25, 0.3) is 0 Å². The second kappa shape index (κ2) is 7.12. The first-order valence-electron chi connectivity index (χ1n) is 6.58. The maximum absolute atomic E-state index is 6.09. The monoisotopic (exact) mass is 338 g/mol. The Balaban J connectivity index is 2.03. The van der Waals surface area contributed by atoms with Crippen LogP contribution in [0.3, 0.4) is 0 Å². The largest absolute Gasteiger partial charge is 0.332 e. The Morgan fingerprint density at radius 1 is 1.00 bits per heavy atom. The van der Waals surface area contributed by atoms with Gasteiger partial charge in [0.05, 0.1) is 10.7 Å². The van der Waals surface area contributed by atoms with E-state index in [1.54, 1.807) is 18.2 Å². The SMILES string of the molecule is CC(C)c1ccc(NC(=S)Nc2cc(Cl)ccc2Cl)cc1. The highest BCUT2D eigenvalue weighted by molar-refractivity contribution is 7.80. The van der Waals surface area contributed by atoms with Crippen LogP contribution in [-0.4, -0.2) is 5.11 Å². The van der Waals surface area contributed by atoms with Gasteiger partial charge in [-0.25, -0.2) is 0 Å².